The monoisotopic (exact) mass is 402 g/mol. The lowest BCUT2D eigenvalue weighted by Crippen LogP contribution is -1.72. The van der Waals surface area contributed by atoms with Crippen LogP contribution in [0.2, 0.25) is 0 Å². The highest BCUT2D eigenvalue weighted by atomic mass is 32.2. The first-order chi connectivity index (χ1) is 13.8. The molecule has 0 fully saturated rings. The number of hydrogen-bond acceptors (Lipinski definition) is 2. The van der Waals surface area contributed by atoms with Gasteiger partial charge in [-0.25, -0.2) is 0 Å². The van der Waals surface area contributed by atoms with Crippen LogP contribution in [0.1, 0.15) is 11.1 Å². The fraction of sp³-hybridized carbons (Fsp3) is 0.0769. The van der Waals surface area contributed by atoms with Crippen molar-refractivity contribution in [3.05, 3.63) is 120 Å². The number of benzene rings is 2. The third-order valence-corrected chi connectivity index (χ3v) is 5.30. The Morgan fingerprint density at radius 3 is 1.00 bits per heavy atom. The largest absolute Gasteiger partial charge is 0.130 e. The van der Waals surface area contributed by atoms with Gasteiger partial charge in [-0.1, -0.05) is 97.2 Å². The van der Waals surface area contributed by atoms with Crippen LogP contribution in [0.15, 0.2) is 119 Å². The van der Waals surface area contributed by atoms with E-state index >= 15 is 0 Å². The van der Waals surface area contributed by atoms with Crippen molar-refractivity contribution >= 4 is 35.7 Å². The number of rotatable bonds is 9. The van der Waals surface area contributed by atoms with Crippen molar-refractivity contribution in [1.82, 2.24) is 0 Å². The van der Waals surface area contributed by atoms with Gasteiger partial charge in [0.05, 0.1) is 0 Å². The lowest BCUT2D eigenvalue weighted by atomic mass is 10.2. The molecule has 0 saturated carbocycles. The molecule has 0 aromatic heterocycles. The van der Waals surface area contributed by atoms with Crippen molar-refractivity contribution in [2.45, 2.75) is 9.79 Å². The summed E-state index contributed by atoms with van der Waals surface area (Å²) in [6, 6.07) is 17.1. The third kappa shape index (κ3) is 8.98. The Labute approximate surface area is 178 Å². The maximum absolute atomic E-state index is 2.14. The van der Waals surface area contributed by atoms with Crippen molar-refractivity contribution in [2.24, 2.45) is 0 Å². The summed E-state index contributed by atoms with van der Waals surface area (Å²) >= 11 is 3.52. The predicted octanol–water partition coefficient (Wildman–Crippen LogP) is 8.08. The van der Waals surface area contributed by atoms with E-state index in [9.17, 15) is 0 Å². The van der Waals surface area contributed by atoms with E-state index in [2.05, 4.69) is 85.3 Å². The zero-order chi connectivity index (χ0) is 19.9. The van der Waals surface area contributed by atoms with E-state index in [-0.39, 0.29) is 0 Å². The summed E-state index contributed by atoms with van der Waals surface area (Å²) in [5.74, 6) is 0. The molecule has 0 radical (unpaired) electrons. The van der Waals surface area contributed by atoms with Gasteiger partial charge in [0.2, 0.25) is 0 Å². The van der Waals surface area contributed by atoms with E-state index in [4.69, 9.17) is 0 Å². The Morgan fingerprint density at radius 2 is 0.714 bits per heavy atom. The van der Waals surface area contributed by atoms with Gasteiger partial charge in [-0.05, 0) is 47.9 Å². The quantitative estimate of drug-likeness (QED) is 0.307. The SMILES string of the molecule is CSc1ccc(/C=C/C=C/C=C/C=C/C=C/C=C/c2ccc(SC)cc2)cc1. The number of hydrogen-bond donors (Lipinski definition) is 0. The van der Waals surface area contributed by atoms with Crippen molar-refractivity contribution < 1.29 is 0 Å². The summed E-state index contributed by atoms with van der Waals surface area (Å²) in [6.45, 7) is 0. The molecule has 0 aliphatic carbocycles. The molecule has 2 aromatic rings. The summed E-state index contributed by atoms with van der Waals surface area (Å²) in [7, 11) is 0. The van der Waals surface area contributed by atoms with Gasteiger partial charge in [0.25, 0.3) is 0 Å². The van der Waals surface area contributed by atoms with E-state index in [1.807, 2.05) is 48.6 Å². The molecule has 2 aromatic carbocycles. The lowest BCUT2D eigenvalue weighted by Gasteiger charge is -1.95. The minimum absolute atomic E-state index is 1.21. The van der Waals surface area contributed by atoms with E-state index < -0.39 is 0 Å². The standard InChI is InChI=1S/C26H26S2/c1-27-25-19-15-23(16-20-25)13-11-9-7-5-3-4-6-8-10-12-14-24-17-21-26(28-2)22-18-24/h3-22H,1-2H3/b5-3+,6-4+,9-7+,10-8+,13-11+,14-12+. The van der Waals surface area contributed by atoms with E-state index in [1.54, 1.807) is 23.5 Å². The van der Waals surface area contributed by atoms with Gasteiger partial charge < -0.3 is 0 Å². The van der Waals surface area contributed by atoms with Crippen LogP contribution in [0.4, 0.5) is 0 Å². The Balaban J connectivity index is 1.68. The van der Waals surface area contributed by atoms with Crippen LogP contribution in [0.25, 0.3) is 12.2 Å². The molecule has 0 saturated heterocycles. The minimum atomic E-state index is 1.21. The molecule has 142 valence electrons. The minimum Gasteiger partial charge on any atom is -0.130 e. The highest BCUT2D eigenvalue weighted by Gasteiger charge is 1.89. The smallest absolute Gasteiger partial charge is 0.00695 e. The van der Waals surface area contributed by atoms with Crippen molar-refractivity contribution in [3.63, 3.8) is 0 Å². The van der Waals surface area contributed by atoms with Crippen LogP contribution in [0.5, 0.6) is 0 Å². The molecule has 0 nitrogen and oxygen atoms in total. The van der Waals surface area contributed by atoms with E-state index in [1.165, 1.54) is 20.9 Å². The van der Waals surface area contributed by atoms with Crippen LogP contribution >= 0.6 is 23.5 Å². The highest BCUT2D eigenvalue weighted by Crippen LogP contribution is 2.16. The molecule has 0 bridgehead atoms. The van der Waals surface area contributed by atoms with Gasteiger partial charge in [0.1, 0.15) is 0 Å². The van der Waals surface area contributed by atoms with E-state index in [0.29, 0.717) is 0 Å². The lowest BCUT2D eigenvalue weighted by molar-refractivity contribution is 1.45. The van der Waals surface area contributed by atoms with Gasteiger partial charge in [-0.3, -0.25) is 0 Å². The van der Waals surface area contributed by atoms with Gasteiger partial charge in [0, 0.05) is 9.79 Å². The molecule has 0 spiro atoms. The summed E-state index contributed by atoms with van der Waals surface area (Å²) < 4.78 is 0. The van der Waals surface area contributed by atoms with Crippen LogP contribution < -0.4 is 0 Å². The molecule has 0 N–H and O–H groups in total. The molecule has 0 heterocycles. The topological polar surface area (TPSA) is 0 Å². The molecule has 0 unspecified atom stereocenters. The van der Waals surface area contributed by atoms with Gasteiger partial charge >= 0.3 is 0 Å². The third-order valence-electron chi connectivity index (χ3n) is 3.81. The van der Waals surface area contributed by atoms with E-state index in [0.717, 1.165) is 0 Å². The van der Waals surface area contributed by atoms with Gasteiger partial charge in [-0.2, -0.15) is 0 Å². The first-order valence-electron chi connectivity index (χ1n) is 9.11. The second-order valence-electron chi connectivity index (χ2n) is 5.80. The summed E-state index contributed by atoms with van der Waals surface area (Å²) in [5.41, 5.74) is 2.43. The molecule has 0 amide bonds. The van der Waals surface area contributed by atoms with Crippen LogP contribution in [0, 0.1) is 0 Å². The Kier molecular flexibility index (Phi) is 10.7. The molecule has 2 heteroatoms. The molecular formula is C26H26S2. The van der Waals surface area contributed by atoms with Crippen LogP contribution in [-0.4, -0.2) is 12.5 Å². The Bertz CT molecular complexity index is 786. The molecule has 28 heavy (non-hydrogen) atoms. The van der Waals surface area contributed by atoms with Crippen molar-refractivity contribution in [2.75, 3.05) is 12.5 Å². The van der Waals surface area contributed by atoms with Crippen LogP contribution in [-0.2, 0) is 0 Å². The highest BCUT2D eigenvalue weighted by molar-refractivity contribution is 7.98. The second-order valence-corrected chi connectivity index (χ2v) is 7.56. The fourth-order valence-corrected chi connectivity index (χ4v) is 3.09. The number of thioether (sulfide) groups is 2. The number of allylic oxidation sites excluding steroid dienone is 10. The summed E-state index contributed by atoms with van der Waals surface area (Å²) in [4.78, 5) is 2.58. The van der Waals surface area contributed by atoms with Gasteiger partial charge in [0.15, 0.2) is 0 Å². The van der Waals surface area contributed by atoms with Crippen molar-refractivity contribution in [1.29, 1.82) is 0 Å². The Hall–Kier alpha value is -2.42. The van der Waals surface area contributed by atoms with Crippen molar-refractivity contribution in [3.8, 4) is 0 Å². The molecule has 0 aliphatic rings. The molecular weight excluding hydrogens is 376 g/mol. The summed E-state index contributed by atoms with van der Waals surface area (Å²) in [5, 5.41) is 0. The average Bonchev–Trinajstić information content (AvgIpc) is 2.75. The second kappa shape index (κ2) is 13.7. The van der Waals surface area contributed by atoms with Gasteiger partial charge in [-0.15, -0.1) is 23.5 Å². The normalized spacial score (nSPS) is 12.8. The zero-order valence-electron chi connectivity index (χ0n) is 16.4. The maximum atomic E-state index is 2.14. The molecule has 0 atom stereocenters. The van der Waals surface area contributed by atoms with Crippen LogP contribution in [0.3, 0.4) is 0 Å². The zero-order valence-corrected chi connectivity index (χ0v) is 18.0. The average molecular weight is 403 g/mol. The summed E-state index contributed by atoms with van der Waals surface area (Å²) in [6.07, 6.45) is 28.7. The maximum Gasteiger partial charge on any atom is 0.00695 e. The predicted molar refractivity (Wildman–Crippen MR) is 131 cm³/mol. The molecule has 2 rings (SSSR count). The fourth-order valence-electron chi connectivity index (χ4n) is 2.28. The first-order valence-corrected chi connectivity index (χ1v) is 11.6. The Morgan fingerprint density at radius 1 is 0.429 bits per heavy atom. The first kappa shape index (κ1) is 21.9. The molecule has 0 aliphatic heterocycles.